The van der Waals surface area contributed by atoms with Crippen LogP contribution in [0.1, 0.15) is 34.1 Å². The summed E-state index contributed by atoms with van der Waals surface area (Å²) in [7, 11) is 0. The predicted molar refractivity (Wildman–Crippen MR) is 126 cm³/mol. The Morgan fingerprint density at radius 2 is 1.94 bits per heavy atom. The number of likely N-dealkylation sites (tertiary alicyclic amines) is 1. The van der Waals surface area contributed by atoms with Crippen molar-refractivity contribution in [3.8, 4) is 0 Å². The lowest BCUT2D eigenvalue weighted by Gasteiger charge is -2.36. The monoisotopic (exact) mass is 476 g/mol. The van der Waals surface area contributed by atoms with Crippen molar-refractivity contribution >= 4 is 35.1 Å². The molecule has 180 valence electrons. The summed E-state index contributed by atoms with van der Waals surface area (Å²) < 4.78 is 5.30. The largest absolute Gasteiger partial charge is 0.466 e. The highest BCUT2D eigenvalue weighted by Gasteiger charge is 2.58. The Morgan fingerprint density at radius 1 is 1.24 bits per heavy atom. The first-order valence-electron chi connectivity index (χ1n) is 11.6. The number of hydrogen-bond acceptors (Lipinski definition) is 5. The Kier molecular flexibility index (Phi) is 8.19. The zero-order valence-corrected chi connectivity index (χ0v) is 20.3. The Bertz CT molecular complexity index is 920. The molecule has 0 bridgehead atoms. The molecule has 2 aliphatic rings. The minimum atomic E-state index is -0.884. The van der Waals surface area contributed by atoms with Gasteiger partial charge in [0.15, 0.2) is 0 Å². The summed E-state index contributed by atoms with van der Waals surface area (Å²) in [4.78, 5) is 41.8. The van der Waals surface area contributed by atoms with Gasteiger partial charge in [0.25, 0.3) is 0 Å². The number of rotatable bonds is 8. The second-order valence-electron chi connectivity index (χ2n) is 8.92. The number of aliphatic hydroxyl groups excluding tert-OH is 1. The first-order valence-corrected chi connectivity index (χ1v) is 12.0. The summed E-state index contributed by atoms with van der Waals surface area (Å²) in [5.41, 5.74) is 0.444. The molecule has 3 rings (SSSR count). The standard InChI is InChI=1S/C25H33ClN2O5/c1-5-14(3)19(13-29)28-22(23(30)27-18-10-8-7-9-17(18)26)16-12-11-15(4)20(21(16)24(28)31)25(32)33-6-2/h7-12,14-16,19-22,29H,5-6,13H2,1-4H3,(H,27,30)/t14-,15+,16-,19-,20+,21-,22-/m0/s1. The number of nitrogens with zero attached hydrogens (tertiary/aromatic N) is 1. The van der Waals surface area contributed by atoms with Gasteiger partial charge >= 0.3 is 5.97 Å². The van der Waals surface area contributed by atoms with Crippen molar-refractivity contribution in [1.82, 2.24) is 4.90 Å². The van der Waals surface area contributed by atoms with Crippen molar-refractivity contribution < 1.29 is 24.2 Å². The van der Waals surface area contributed by atoms with E-state index in [1.807, 2.05) is 32.9 Å². The zero-order chi connectivity index (χ0) is 24.3. The molecule has 2 N–H and O–H groups in total. The Hall–Kier alpha value is -2.38. The number of ether oxygens (including phenoxy) is 1. The van der Waals surface area contributed by atoms with Gasteiger partial charge in [0.2, 0.25) is 11.8 Å². The smallest absolute Gasteiger partial charge is 0.310 e. The Morgan fingerprint density at radius 3 is 2.55 bits per heavy atom. The first kappa shape index (κ1) is 25.2. The minimum absolute atomic E-state index is 0.0443. The van der Waals surface area contributed by atoms with Crippen LogP contribution in [0.2, 0.25) is 5.02 Å². The average molecular weight is 477 g/mol. The van der Waals surface area contributed by atoms with Crippen LogP contribution in [-0.2, 0) is 19.1 Å². The van der Waals surface area contributed by atoms with E-state index in [-0.39, 0.29) is 31.0 Å². The molecule has 33 heavy (non-hydrogen) atoms. The summed E-state index contributed by atoms with van der Waals surface area (Å²) in [6.07, 6.45) is 4.47. The summed E-state index contributed by atoms with van der Waals surface area (Å²) in [5.74, 6) is -3.33. The number of halogens is 1. The molecule has 1 heterocycles. The van der Waals surface area contributed by atoms with Crippen LogP contribution in [0.5, 0.6) is 0 Å². The van der Waals surface area contributed by atoms with Crippen molar-refractivity contribution in [2.75, 3.05) is 18.5 Å². The van der Waals surface area contributed by atoms with Gasteiger partial charge in [-0.25, -0.2) is 0 Å². The quantitative estimate of drug-likeness (QED) is 0.442. The maximum atomic E-state index is 13.8. The van der Waals surface area contributed by atoms with Crippen LogP contribution in [0.4, 0.5) is 5.69 Å². The summed E-state index contributed by atoms with van der Waals surface area (Å²) in [6.45, 7) is 7.46. The van der Waals surface area contributed by atoms with Crippen LogP contribution in [0, 0.1) is 29.6 Å². The van der Waals surface area contributed by atoms with Crippen molar-refractivity contribution in [1.29, 1.82) is 0 Å². The number of para-hydroxylation sites is 1. The van der Waals surface area contributed by atoms with E-state index < -0.39 is 41.7 Å². The fourth-order valence-electron chi connectivity index (χ4n) is 5.08. The van der Waals surface area contributed by atoms with Gasteiger partial charge in [0, 0.05) is 5.92 Å². The number of aliphatic hydroxyl groups is 1. The maximum absolute atomic E-state index is 13.8. The number of fused-ring (bicyclic) bond motifs is 1. The van der Waals surface area contributed by atoms with E-state index in [0.29, 0.717) is 10.7 Å². The van der Waals surface area contributed by atoms with Crippen LogP contribution in [0.25, 0.3) is 0 Å². The lowest BCUT2D eigenvalue weighted by atomic mass is 9.70. The second-order valence-corrected chi connectivity index (χ2v) is 9.33. The first-order chi connectivity index (χ1) is 15.8. The second kappa shape index (κ2) is 10.7. The average Bonchev–Trinajstić information content (AvgIpc) is 3.08. The number of hydrogen-bond donors (Lipinski definition) is 2. The van der Waals surface area contributed by atoms with Gasteiger partial charge < -0.3 is 20.1 Å². The molecule has 0 spiro atoms. The van der Waals surface area contributed by atoms with Gasteiger partial charge in [-0.3, -0.25) is 14.4 Å². The molecular weight excluding hydrogens is 444 g/mol. The molecule has 8 heteroatoms. The summed E-state index contributed by atoms with van der Waals surface area (Å²) >= 11 is 6.25. The van der Waals surface area contributed by atoms with E-state index in [2.05, 4.69) is 5.32 Å². The molecule has 1 fully saturated rings. The van der Waals surface area contributed by atoms with Gasteiger partial charge in [0.1, 0.15) is 6.04 Å². The minimum Gasteiger partial charge on any atom is -0.466 e. The molecule has 7 nitrogen and oxygen atoms in total. The topological polar surface area (TPSA) is 95.9 Å². The van der Waals surface area contributed by atoms with Gasteiger partial charge in [0.05, 0.1) is 41.8 Å². The molecule has 7 atom stereocenters. The number of amides is 2. The van der Waals surface area contributed by atoms with Crippen molar-refractivity contribution in [3.63, 3.8) is 0 Å². The van der Waals surface area contributed by atoms with E-state index in [0.717, 1.165) is 6.42 Å². The lowest BCUT2D eigenvalue weighted by Crippen LogP contribution is -2.52. The molecule has 1 aliphatic heterocycles. The zero-order valence-electron chi connectivity index (χ0n) is 19.5. The number of esters is 1. The van der Waals surface area contributed by atoms with E-state index >= 15 is 0 Å². The van der Waals surface area contributed by atoms with Crippen LogP contribution >= 0.6 is 11.6 Å². The molecule has 0 aromatic heterocycles. The van der Waals surface area contributed by atoms with Crippen molar-refractivity contribution in [3.05, 3.63) is 41.4 Å². The number of nitrogens with one attached hydrogen (secondary N) is 1. The fourth-order valence-corrected chi connectivity index (χ4v) is 5.26. The van der Waals surface area contributed by atoms with E-state index in [9.17, 15) is 19.5 Å². The number of allylic oxidation sites excluding steroid dienone is 1. The highest BCUT2D eigenvalue weighted by Crippen LogP contribution is 2.46. The number of anilines is 1. The van der Waals surface area contributed by atoms with Crippen LogP contribution < -0.4 is 5.32 Å². The third-order valence-corrected chi connectivity index (χ3v) is 7.34. The molecule has 1 aromatic rings. The molecule has 0 radical (unpaired) electrons. The van der Waals surface area contributed by atoms with E-state index in [1.54, 1.807) is 31.2 Å². The highest BCUT2D eigenvalue weighted by molar-refractivity contribution is 6.33. The Balaban J connectivity index is 2.05. The highest BCUT2D eigenvalue weighted by atomic mass is 35.5. The number of carbonyl (C=O) groups excluding carboxylic acids is 3. The Labute approximate surface area is 200 Å². The molecule has 1 aromatic carbocycles. The normalized spacial score (nSPS) is 28.2. The molecule has 0 saturated carbocycles. The van der Waals surface area contributed by atoms with Gasteiger partial charge in [-0.05, 0) is 30.9 Å². The lowest BCUT2D eigenvalue weighted by molar-refractivity contribution is -0.156. The van der Waals surface area contributed by atoms with Crippen LogP contribution in [-0.4, -0.2) is 53.1 Å². The molecular formula is C25H33ClN2O5. The van der Waals surface area contributed by atoms with Gasteiger partial charge in [-0.1, -0.05) is 63.1 Å². The summed E-state index contributed by atoms with van der Waals surface area (Å²) in [6, 6.07) is 5.45. The predicted octanol–water partition coefficient (Wildman–Crippen LogP) is 3.51. The summed E-state index contributed by atoms with van der Waals surface area (Å²) in [5, 5.41) is 13.5. The SMILES string of the molecule is CCOC(=O)[C@H]1[C@H]2C(=O)N([C@@H](CO)[C@@H](C)CC)[C@H](C(=O)Nc3ccccc3Cl)[C@H]2C=C[C@H]1C. The molecule has 0 unspecified atom stereocenters. The number of carbonyl (C=O) groups is 3. The van der Waals surface area contributed by atoms with Gasteiger partial charge in [-0.15, -0.1) is 0 Å². The van der Waals surface area contributed by atoms with Crippen molar-refractivity contribution in [2.24, 2.45) is 29.6 Å². The third kappa shape index (κ3) is 4.80. The van der Waals surface area contributed by atoms with Crippen LogP contribution in [0.3, 0.4) is 0 Å². The number of benzene rings is 1. The maximum Gasteiger partial charge on any atom is 0.310 e. The molecule has 1 saturated heterocycles. The third-order valence-electron chi connectivity index (χ3n) is 7.01. The van der Waals surface area contributed by atoms with Crippen molar-refractivity contribution in [2.45, 2.75) is 46.2 Å². The van der Waals surface area contributed by atoms with Gasteiger partial charge in [-0.2, -0.15) is 0 Å². The van der Waals surface area contributed by atoms with Crippen LogP contribution in [0.15, 0.2) is 36.4 Å². The molecule has 2 amide bonds. The van der Waals surface area contributed by atoms with E-state index in [1.165, 1.54) is 4.90 Å². The fraction of sp³-hybridized carbons (Fsp3) is 0.560. The molecule has 1 aliphatic carbocycles. The van der Waals surface area contributed by atoms with E-state index in [4.69, 9.17) is 16.3 Å².